The van der Waals surface area contributed by atoms with Gasteiger partial charge in [-0.05, 0) is 62.6 Å². The van der Waals surface area contributed by atoms with Crippen molar-refractivity contribution < 1.29 is 14.3 Å². The van der Waals surface area contributed by atoms with Gasteiger partial charge in [0.15, 0.2) is 0 Å². The third-order valence-corrected chi connectivity index (χ3v) is 5.99. The second-order valence-corrected chi connectivity index (χ2v) is 8.43. The van der Waals surface area contributed by atoms with E-state index >= 15 is 0 Å². The van der Waals surface area contributed by atoms with Gasteiger partial charge >= 0.3 is 0 Å². The monoisotopic (exact) mass is 423 g/mol. The Bertz CT molecular complexity index is 982. The van der Waals surface area contributed by atoms with E-state index in [-0.39, 0.29) is 11.8 Å². The normalized spacial score (nSPS) is 14.6. The number of benzene rings is 1. The number of carbonyl (C=O) groups excluding carboxylic acids is 2. The molecule has 0 saturated heterocycles. The summed E-state index contributed by atoms with van der Waals surface area (Å²) in [6.07, 6.45) is 9.74. The lowest BCUT2D eigenvalue weighted by molar-refractivity contribution is -0.111. The van der Waals surface area contributed by atoms with Crippen molar-refractivity contribution in [2.75, 3.05) is 26.5 Å². The molecule has 1 aromatic carbocycles. The van der Waals surface area contributed by atoms with Crippen LogP contribution in [0.2, 0.25) is 0 Å². The SMILES string of the molecule is COc1ccc(C(=O)N(C)C)cc1NC(=O)C=Cc1cc(C)n(C2CCCCC2)c1C. The first-order valence-corrected chi connectivity index (χ1v) is 10.9. The van der Waals surface area contributed by atoms with Crippen LogP contribution < -0.4 is 10.1 Å². The Hall–Kier alpha value is -3.02. The molecule has 1 aliphatic carbocycles. The quantitative estimate of drug-likeness (QED) is 0.667. The Kier molecular flexibility index (Phi) is 7.21. The second-order valence-electron chi connectivity index (χ2n) is 8.43. The Morgan fingerprint density at radius 2 is 1.84 bits per heavy atom. The lowest BCUT2D eigenvalue weighted by atomic mass is 9.95. The molecule has 0 bridgehead atoms. The molecule has 31 heavy (non-hydrogen) atoms. The third kappa shape index (κ3) is 5.19. The van der Waals surface area contributed by atoms with Gasteiger partial charge < -0.3 is 19.5 Å². The highest BCUT2D eigenvalue weighted by Gasteiger charge is 2.19. The second kappa shape index (κ2) is 9.86. The first kappa shape index (κ1) is 22.7. The van der Waals surface area contributed by atoms with Gasteiger partial charge in [-0.3, -0.25) is 9.59 Å². The summed E-state index contributed by atoms with van der Waals surface area (Å²) in [5, 5.41) is 2.84. The largest absolute Gasteiger partial charge is 0.495 e. The van der Waals surface area contributed by atoms with Crippen molar-refractivity contribution in [2.24, 2.45) is 0 Å². The van der Waals surface area contributed by atoms with Gasteiger partial charge in [-0.1, -0.05) is 19.3 Å². The molecule has 0 spiro atoms. The number of methoxy groups -OCH3 is 1. The number of nitrogens with one attached hydrogen (secondary N) is 1. The minimum absolute atomic E-state index is 0.135. The number of hydrogen-bond donors (Lipinski definition) is 1. The number of anilines is 1. The van der Waals surface area contributed by atoms with Crippen molar-refractivity contribution in [1.82, 2.24) is 9.47 Å². The summed E-state index contributed by atoms with van der Waals surface area (Å²) >= 11 is 0. The minimum Gasteiger partial charge on any atom is -0.495 e. The van der Waals surface area contributed by atoms with E-state index in [1.54, 1.807) is 32.3 Å². The summed E-state index contributed by atoms with van der Waals surface area (Å²) in [4.78, 5) is 26.4. The van der Waals surface area contributed by atoms with Gasteiger partial charge in [-0.15, -0.1) is 0 Å². The lowest BCUT2D eigenvalue weighted by Gasteiger charge is -2.26. The molecule has 6 heteroatoms. The lowest BCUT2D eigenvalue weighted by Crippen LogP contribution is -2.22. The van der Waals surface area contributed by atoms with Crippen LogP contribution in [0, 0.1) is 13.8 Å². The Morgan fingerprint density at radius 3 is 2.48 bits per heavy atom. The van der Waals surface area contributed by atoms with E-state index in [1.807, 2.05) is 6.08 Å². The number of hydrogen-bond acceptors (Lipinski definition) is 3. The maximum atomic E-state index is 12.6. The van der Waals surface area contributed by atoms with E-state index in [2.05, 4.69) is 29.8 Å². The maximum absolute atomic E-state index is 12.6. The molecule has 1 saturated carbocycles. The van der Waals surface area contributed by atoms with Gasteiger partial charge in [0, 0.05) is 43.2 Å². The average Bonchev–Trinajstić information content (AvgIpc) is 3.05. The van der Waals surface area contributed by atoms with Crippen molar-refractivity contribution in [2.45, 2.75) is 52.0 Å². The Balaban J connectivity index is 1.77. The standard InChI is InChI=1S/C25H33N3O3/c1-17-15-19(18(2)28(17)21-9-7-6-8-10-21)12-14-24(29)26-22-16-20(25(30)27(3)4)11-13-23(22)31-5/h11-16,21H,6-10H2,1-5H3,(H,26,29). The van der Waals surface area contributed by atoms with E-state index in [4.69, 9.17) is 4.74 Å². The zero-order valence-electron chi connectivity index (χ0n) is 19.2. The van der Waals surface area contributed by atoms with Crippen molar-refractivity contribution in [1.29, 1.82) is 0 Å². The molecular weight excluding hydrogens is 390 g/mol. The number of aryl methyl sites for hydroxylation is 1. The number of ether oxygens (including phenoxy) is 1. The molecule has 1 N–H and O–H groups in total. The summed E-state index contributed by atoms with van der Waals surface area (Å²) in [5.74, 6) is 0.103. The number of carbonyl (C=O) groups is 2. The zero-order valence-corrected chi connectivity index (χ0v) is 19.2. The molecule has 0 unspecified atom stereocenters. The first-order valence-electron chi connectivity index (χ1n) is 10.9. The van der Waals surface area contributed by atoms with Crippen molar-refractivity contribution in [3.8, 4) is 5.75 Å². The van der Waals surface area contributed by atoms with Crippen LogP contribution in [0.4, 0.5) is 5.69 Å². The first-order chi connectivity index (χ1) is 14.8. The van der Waals surface area contributed by atoms with E-state index < -0.39 is 0 Å². The molecule has 3 rings (SSSR count). The van der Waals surface area contributed by atoms with Gasteiger partial charge in [0.25, 0.3) is 5.91 Å². The molecule has 6 nitrogen and oxygen atoms in total. The molecule has 1 fully saturated rings. The summed E-state index contributed by atoms with van der Waals surface area (Å²) < 4.78 is 7.77. The van der Waals surface area contributed by atoms with Crippen molar-refractivity contribution in [3.63, 3.8) is 0 Å². The molecule has 0 aliphatic heterocycles. The molecule has 2 aromatic rings. The van der Waals surface area contributed by atoms with Crippen LogP contribution in [-0.2, 0) is 4.79 Å². The third-order valence-electron chi connectivity index (χ3n) is 5.99. The summed E-state index contributed by atoms with van der Waals surface area (Å²) in [7, 11) is 4.92. The fourth-order valence-electron chi connectivity index (χ4n) is 4.41. The van der Waals surface area contributed by atoms with Crippen LogP contribution in [0.25, 0.3) is 6.08 Å². The van der Waals surface area contributed by atoms with Gasteiger partial charge in [0.05, 0.1) is 12.8 Å². The number of rotatable bonds is 6. The predicted molar refractivity (Wildman–Crippen MR) is 125 cm³/mol. The molecule has 1 heterocycles. The fourth-order valence-corrected chi connectivity index (χ4v) is 4.41. The Morgan fingerprint density at radius 1 is 1.13 bits per heavy atom. The highest BCUT2D eigenvalue weighted by atomic mass is 16.5. The Labute approximate surface area is 184 Å². The summed E-state index contributed by atoms with van der Waals surface area (Å²) in [5.41, 5.74) is 4.45. The van der Waals surface area contributed by atoms with Crippen molar-refractivity contribution in [3.05, 3.63) is 52.9 Å². The fraction of sp³-hybridized carbons (Fsp3) is 0.440. The van der Waals surface area contributed by atoms with Crippen LogP contribution in [0.5, 0.6) is 5.75 Å². The molecular formula is C25H33N3O3. The van der Waals surface area contributed by atoms with Gasteiger partial charge in [0.1, 0.15) is 5.75 Å². The number of aromatic nitrogens is 1. The van der Waals surface area contributed by atoms with Gasteiger partial charge in [0.2, 0.25) is 5.91 Å². The van der Waals surface area contributed by atoms with Crippen LogP contribution in [-0.4, -0.2) is 42.5 Å². The van der Waals surface area contributed by atoms with Crippen molar-refractivity contribution >= 4 is 23.6 Å². The smallest absolute Gasteiger partial charge is 0.253 e. The summed E-state index contributed by atoms with van der Waals surface area (Å²) in [6.45, 7) is 4.26. The molecule has 2 amide bonds. The van der Waals surface area contributed by atoms with E-state index in [0.717, 1.165) is 5.56 Å². The molecule has 166 valence electrons. The number of amides is 2. The van der Waals surface area contributed by atoms with Crippen LogP contribution in [0.1, 0.15) is 65.5 Å². The van der Waals surface area contributed by atoms with Gasteiger partial charge in [-0.25, -0.2) is 0 Å². The predicted octanol–water partition coefficient (Wildman–Crippen LogP) is 4.97. The zero-order chi connectivity index (χ0) is 22.5. The summed E-state index contributed by atoms with van der Waals surface area (Å²) in [6, 6.07) is 7.72. The molecule has 1 aliphatic rings. The van der Waals surface area contributed by atoms with Crippen LogP contribution in [0.3, 0.4) is 0 Å². The molecule has 0 radical (unpaired) electrons. The highest BCUT2D eigenvalue weighted by molar-refractivity contribution is 6.04. The van der Waals surface area contributed by atoms with Crippen LogP contribution >= 0.6 is 0 Å². The van der Waals surface area contributed by atoms with Crippen LogP contribution in [0.15, 0.2) is 30.3 Å². The van der Waals surface area contributed by atoms with Gasteiger partial charge in [-0.2, -0.15) is 0 Å². The topological polar surface area (TPSA) is 63.6 Å². The molecule has 1 aromatic heterocycles. The van der Waals surface area contributed by atoms with E-state index in [1.165, 1.54) is 61.6 Å². The average molecular weight is 424 g/mol. The molecule has 0 atom stereocenters. The minimum atomic E-state index is -0.268. The van der Waals surface area contributed by atoms with E-state index in [0.29, 0.717) is 23.0 Å². The highest BCUT2D eigenvalue weighted by Crippen LogP contribution is 2.32. The van der Waals surface area contributed by atoms with E-state index in [9.17, 15) is 9.59 Å². The number of nitrogens with zero attached hydrogens (tertiary/aromatic N) is 2. The maximum Gasteiger partial charge on any atom is 0.253 e.